The SMILES string of the molecule is Cc1cccc(N2CCN(C(=O)c3cnc[nH]c3=O)CC2)c1C. The number of nitrogens with one attached hydrogen (secondary N) is 1. The van der Waals surface area contributed by atoms with Crippen LogP contribution in [0.4, 0.5) is 5.69 Å². The van der Waals surface area contributed by atoms with Gasteiger partial charge < -0.3 is 14.8 Å². The van der Waals surface area contributed by atoms with Gasteiger partial charge in [-0.2, -0.15) is 0 Å². The Balaban J connectivity index is 1.71. The van der Waals surface area contributed by atoms with Gasteiger partial charge in [0.05, 0.1) is 6.33 Å². The first kappa shape index (κ1) is 15.3. The van der Waals surface area contributed by atoms with Crippen LogP contribution in [0.2, 0.25) is 0 Å². The van der Waals surface area contributed by atoms with Crippen molar-refractivity contribution in [1.82, 2.24) is 14.9 Å². The standard InChI is InChI=1S/C17H20N4O2/c1-12-4-3-5-15(13(12)2)20-6-8-21(9-7-20)17(23)14-10-18-11-19-16(14)22/h3-5,10-11H,6-9H2,1-2H3,(H,18,19,22). The molecule has 1 N–H and O–H groups in total. The fourth-order valence-electron chi connectivity index (χ4n) is 2.90. The summed E-state index contributed by atoms with van der Waals surface area (Å²) in [5.41, 5.74) is 3.48. The van der Waals surface area contributed by atoms with Gasteiger partial charge in [0.2, 0.25) is 0 Å². The third-order valence-corrected chi connectivity index (χ3v) is 4.43. The summed E-state index contributed by atoms with van der Waals surface area (Å²) in [5.74, 6) is -0.250. The van der Waals surface area contributed by atoms with Crippen molar-refractivity contribution in [2.75, 3.05) is 31.1 Å². The molecule has 1 aliphatic heterocycles. The van der Waals surface area contributed by atoms with Gasteiger partial charge in [-0.1, -0.05) is 12.1 Å². The summed E-state index contributed by atoms with van der Waals surface area (Å²) in [6, 6.07) is 6.28. The van der Waals surface area contributed by atoms with Crippen molar-refractivity contribution in [3.05, 3.63) is 57.8 Å². The number of piperazine rings is 1. The highest BCUT2D eigenvalue weighted by Gasteiger charge is 2.24. The Labute approximate surface area is 134 Å². The summed E-state index contributed by atoms with van der Waals surface area (Å²) >= 11 is 0. The molecular weight excluding hydrogens is 292 g/mol. The molecule has 2 heterocycles. The quantitative estimate of drug-likeness (QED) is 0.909. The molecule has 3 rings (SSSR count). The average molecular weight is 312 g/mol. The minimum atomic E-state index is -0.387. The second-order valence-electron chi connectivity index (χ2n) is 5.79. The maximum absolute atomic E-state index is 12.4. The zero-order chi connectivity index (χ0) is 16.4. The molecule has 6 heteroatoms. The van der Waals surface area contributed by atoms with Crippen LogP contribution in [0.5, 0.6) is 0 Å². The Morgan fingerprint density at radius 3 is 2.61 bits per heavy atom. The molecule has 0 aliphatic carbocycles. The molecule has 23 heavy (non-hydrogen) atoms. The first-order valence-corrected chi connectivity index (χ1v) is 7.71. The molecule has 1 aromatic carbocycles. The number of rotatable bonds is 2. The molecule has 0 atom stereocenters. The minimum absolute atomic E-state index is 0.104. The van der Waals surface area contributed by atoms with Gasteiger partial charge in [0.15, 0.2) is 0 Å². The normalized spacial score (nSPS) is 14.9. The van der Waals surface area contributed by atoms with Gasteiger partial charge in [-0.25, -0.2) is 4.98 Å². The maximum atomic E-state index is 12.4. The first-order valence-electron chi connectivity index (χ1n) is 7.71. The van der Waals surface area contributed by atoms with Crippen LogP contribution in [0.15, 0.2) is 35.5 Å². The predicted molar refractivity (Wildman–Crippen MR) is 88.9 cm³/mol. The van der Waals surface area contributed by atoms with Crippen LogP contribution >= 0.6 is 0 Å². The summed E-state index contributed by atoms with van der Waals surface area (Å²) in [6.07, 6.45) is 2.62. The molecule has 1 fully saturated rings. The van der Waals surface area contributed by atoms with E-state index in [1.165, 1.54) is 29.3 Å². The number of hydrogen-bond donors (Lipinski definition) is 1. The Hall–Kier alpha value is -2.63. The minimum Gasteiger partial charge on any atom is -0.368 e. The van der Waals surface area contributed by atoms with Crippen LogP contribution in [0.25, 0.3) is 0 Å². The summed E-state index contributed by atoms with van der Waals surface area (Å²) in [4.78, 5) is 34.4. The van der Waals surface area contributed by atoms with Gasteiger partial charge in [0.25, 0.3) is 11.5 Å². The molecular formula is C17H20N4O2. The van der Waals surface area contributed by atoms with E-state index >= 15 is 0 Å². The molecule has 1 aliphatic rings. The molecule has 6 nitrogen and oxygen atoms in total. The first-order chi connectivity index (χ1) is 11.1. The van der Waals surface area contributed by atoms with E-state index < -0.39 is 0 Å². The zero-order valence-electron chi connectivity index (χ0n) is 13.4. The molecule has 0 saturated carbocycles. The molecule has 1 saturated heterocycles. The van der Waals surface area contributed by atoms with E-state index in [0.717, 1.165) is 13.1 Å². The van der Waals surface area contributed by atoms with Gasteiger partial charge in [0.1, 0.15) is 5.56 Å². The average Bonchev–Trinajstić information content (AvgIpc) is 2.57. The lowest BCUT2D eigenvalue weighted by Gasteiger charge is -2.37. The lowest BCUT2D eigenvalue weighted by molar-refractivity contribution is 0.0744. The molecule has 2 aromatic rings. The second-order valence-corrected chi connectivity index (χ2v) is 5.79. The van der Waals surface area contributed by atoms with Crippen molar-refractivity contribution in [2.45, 2.75) is 13.8 Å². The number of aromatic nitrogens is 2. The third-order valence-electron chi connectivity index (χ3n) is 4.43. The third kappa shape index (κ3) is 2.97. The van der Waals surface area contributed by atoms with E-state index in [1.54, 1.807) is 4.90 Å². The number of aryl methyl sites for hydroxylation is 1. The van der Waals surface area contributed by atoms with Crippen molar-refractivity contribution < 1.29 is 4.79 Å². The molecule has 0 radical (unpaired) electrons. The Morgan fingerprint density at radius 2 is 1.91 bits per heavy atom. The highest BCUT2D eigenvalue weighted by atomic mass is 16.2. The Kier molecular flexibility index (Phi) is 4.14. The van der Waals surface area contributed by atoms with Gasteiger partial charge in [-0.3, -0.25) is 9.59 Å². The second kappa shape index (κ2) is 6.24. The number of nitrogens with zero attached hydrogens (tertiary/aromatic N) is 3. The van der Waals surface area contributed by atoms with Crippen LogP contribution in [-0.2, 0) is 0 Å². The van der Waals surface area contributed by atoms with E-state index in [4.69, 9.17) is 0 Å². The Bertz CT molecular complexity index is 776. The summed E-state index contributed by atoms with van der Waals surface area (Å²) in [5, 5.41) is 0. The monoisotopic (exact) mass is 312 g/mol. The maximum Gasteiger partial charge on any atom is 0.263 e. The fourth-order valence-corrected chi connectivity index (χ4v) is 2.90. The van der Waals surface area contributed by atoms with Crippen LogP contribution in [0, 0.1) is 13.8 Å². The topological polar surface area (TPSA) is 69.3 Å². The van der Waals surface area contributed by atoms with Gasteiger partial charge in [-0.15, -0.1) is 0 Å². The highest BCUT2D eigenvalue weighted by Crippen LogP contribution is 2.24. The number of H-pyrrole nitrogens is 1. The molecule has 120 valence electrons. The number of carbonyl (C=O) groups is 1. The van der Waals surface area contributed by atoms with E-state index in [2.05, 4.69) is 46.9 Å². The number of anilines is 1. The van der Waals surface area contributed by atoms with Gasteiger partial charge in [0, 0.05) is 38.1 Å². The smallest absolute Gasteiger partial charge is 0.263 e. The number of hydrogen-bond acceptors (Lipinski definition) is 4. The largest absolute Gasteiger partial charge is 0.368 e. The summed E-state index contributed by atoms with van der Waals surface area (Å²) in [6.45, 7) is 6.94. The van der Waals surface area contributed by atoms with E-state index in [1.807, 2.05) is 0 Å². The number of benzene rings is 1. The van der Waals surface area contributed by atoms with E-state index in [0.29, 0.717) is 13.1 Å². The van der Waals surface area contributed by atoms with Crippen LogP contribution in [0.3, 0.4) is 0 Å². The summed E-state index contributed by atoms with van der Waals surface area (Å²) < 4.78 is 0. The lowest BCUT2D eigenvalue weighted by atomic mass is 10.1. The van der Waals surface area contributed by atoms with E-state index in [9.17, 15) is 9.59 Å². The van der Waals surface area contributed by atoms with Crippen molar-refractivity contribution >= 4 is 11.6 Å². The van der Waals surface area contributed by atoms with Crippen molar-refractivity contribution in [1.29, 1.82) is 0 Å². The Morgan fingerprint density at radius 1 is 1.17 bits per heavy atom. The van der Waals surface area contributed by atoms with E-state index in [-0.39, 0.29) is 17.0 Å². The highest BCUT2D eigenvalue weighted by molar-refractivity contribution is 5.93. The van der Waals surface area contributed by atoms with Crippen LogP contribution in [-0.4, -0.2) is 47.0 Å². The van der Waals surface area contributed by atoms with Gasteiger partial charge in [-0.05, 0) is 31.0 Å². The molecule has 1 aromatic heterocycles. The molecule has 0 unspecified atom stereocenters. The number of aromatic amines is 1. The van der Waals surface area contributed by atoms with Crippen molar-refractivity contribution in [3.8, 4) is 0 Å². The van der Waals surface area contributed by atoms with Crippen molar-refractivity contribution in [3.63, 3.8) is 0 Å². The van der Waals surface area contributed by atoms with Gasteiger partial charge >= 0.3 is 0 Å². The molecule has 0 bridgehead atoms. The van der Waals surface area contributed by atoms with Crippen LogP contribution in [0.1, 0.15) is 21.5 Å². The van der Waals surface area contributed by atoms with Crippen molar-refractivity contribution in [2.24, 2.45) is 0 Å². The molecule has 0 spiro atoms. The summed E-state index contributed by atoms with van der Waals surface area (Å²) in [7, 11) is 0. The number of carbonyl (C=O) groups excluding carboxylic acids is 1. The lowest BCUT2D eigenvalue weighted by Crippen LogP contribution is -2.49. The predicted octanol–water partition coefficient (Wildman–Crippen LogP) is 1.35. The number of amides is 1. The fraction of sp³-hybridized carbons (Fsp3) is 0.353. The van der Waals surface area contributed by atoms with Crippen LogP contribution < -0.4 is 10.5 Å². The zero-order valence-corrected chi connectivity index (χ0v) is 13.4. The molecule has 1 amide bonds.